The van der Waals surface area contributed by atoms with Crippen LogP contribution in [0.5, 0.6) is 0 Å². The van der Waals surface area contributed by atoms with Crippen molar-refractivity contribution in [2.75, 3.05) is 13.6 Å². The second-order valence-corrected chi connectivity index (χ2v) is 3.32. The van der Waals surface area contributed by atoms with Crippen molar-refractivity contribution in [3.05, 3.63) is 22.4 Å². The zero-order chi connectivity index (χ0) is 7.23. The lowest BCUT2D eigenvalue weighted by atomic mass is 10.3. The molecule has 0 aliphatic carbocycles. The molecule has 0 saturated heterocycles. The van der Waals surface area contributed by atoms with Gasteiger partial charge in [-0.25, -0.2) is 0 Å². The summed E-state index contributed by atoms with van der Waals surface area (Å²) in [7, 11) is 1.99. The van der Waals surface area contributed by atoms with Gasteiger partial charge in [-0.15, -0.1) is 23.7 Å². The summed E-state index contributed by atoms with van der Waals surface area (Å²) < 4.78 is 0. The molecule has 0 aliphatic rings. The Morgan fingerprint density at radius 1 is 1.55 bits per heavy atom. The molecule has 0 unspecified atom stereocenters. The maximum absolute atomic E-state index is 3.13. The first-order chi connectivity index (χ1) is 4.93. The van der Waals surface area contributed by atoms with Gasteiger partial charge in [0.1, 0.15) is 0 Å². The average molecular weight is 192 g/mol. The average Bonchev–Trinajstić information content (AvgIpc) is 2.41. The summed E-state index contributed by atoms with van der Waals surface area (Å²) in [6.07, 6.45) is 2.47. The zero-order valence-electron chi connectivity index (χ0n) is 6.67. The number of nitrogens with one attached hydrogen (secondary N) is 1. The molecule has 1 heterocycles. The van der Waals surface area contributed by atoms with Gasteiger partial charge in [0.15, 0.2) is 0 Å². The fraction of sp³-hybridized carbons (Fsp3) is 0.500. The molecule has 1 N–H and O–H groups in total. The summed E-state index contributed by atoms with van der Waals surface area (Å²) in [5, 5.41) is 5.27. The second-order valence-electron chi connectivity index (χ2n) is 2.29. The topological polar surface area (TPSA) is 12.0 Å². The Morgan fingerprint density at radius 2 is 2.36 bits per heavy atom. The van der Waals surface area contributed by atoms with Crippen LogP contribution in [-0.4, -0.2) is 13.6 Å². The first-order valence-electron chi connectivity index (χ1n) is 3.60. The molecule has 0 aromatic carbocycles. The highest BCUT2D eigenvalue weighted by Crippen LogP contribution is 2.09. The Hall–Kier alpha value is -0.0500. The third-order valence-electron chi connectivity index (χ3n) is 1.43. The fourth-order valence-electron chi connectivity index (χ4n) is 0.894. The molecule has 1 aromatic heterocycles. The van der Waals surface area contributed by atoms with Crippen LogP contribution in [0.2, 0.25) is 0 Å². The third-order valence-corrected chi connectivity index (χ3v) is 2.37. The molecule has 11 heavy (non-hydrogen) atoms. The fourth-order valence-corrected chi connectivity index (χ4v) is 1.65. The van der Waals surface area contributed by atoms with Crippen LogP contribution < -0.4 is 5.32 Å². The minimum atomic E-state index is 0. The van der Waals surface area contributed by atoms with Gasteiger partial charge in [0, 0.05) is 4.88 Å². The number of aryl methyl sites for hydroxylation is 1. The number of rotatable bonds is 4. The molecule has 1 nitrogen and oxygen atoms in total. The summed E-state index contributed by atoms with van der Waals surface area (Å²) >= 11 is 1.85. The summed E-state index contributed by atoms with van der Waals surface area (Å²) in [6, 6.07) is 4.31. The number of hydrogen-bond donors (Lipinski definition) is 1. The molecule has 0 atom stereocenters. The van der Waals surface area contributed by atoms with E-state index in [4.69, 9.17) is 0 Å². The Balaban J connectivity index is 0.000001000. The van der Waals surface area contributed by atoms with Crippen LogP contribution in [-0.2, 0) is 6.42 Å². The highest BCUT2D eigenvalue weighted by atomic mass is 35.5. The van der Waals surface area contributed by atoms with Crippen LogP contribution >= 0.6 is 23.7 Å². The van der Waals surface area contributed by atoms with Crippen molar-refractivity contribution in [3.8, 4) is 0 Å². The number of halogens is 1. The van der Waals surface area contributed by atoms with E-state index in [1.54, 1.807) is 0 Å². The molecule has 1 aromatic rings. The van der Waals surface area contributed by atoms with Crippen molar-refractivity contribution in [1.29, 1.82) is 0 Å². The Morgan fingerprint density at radius 3 is 2.91 bits per heavy atom. The minimum Gasteiger partial charge on any atom is -0.320 e. The van der Waals surface area contributed by atoms with Crippen LogP contribution in [0.15, 0.2) is 17.5 Å². The van der Waals surface area contributed by atoms with Crippen LogP contribution in [0.1, 0.15) is 11.3 Å². The van der Waals surface area contributed by atoms with Crippen LogP contribution in [0.4, 0.5) is 0 Å². The lowest BCUT2D eigenvalue weighted by molar-refractivity contribution is 0.729. The predicted octanol–water partition coefficient (Wildman–Crippen LogP) is 2.32. The van der Waals surface area contributed by atoms with Gasteiger partial charge in [-0.2, -0.15) is 0 Å². The monoisotopic (exact) mass is 191 g/mol. The van der Waals surface area contributed by atoms with Crippen molar-refractivity contribution < 1.29 is 0 Å². The van der Waals surface area contributed by atoms with Gasteiger partial charge in [-0.3, -0.25) is 0 Å². The van der Waals surface area contributed by atoms with E-state index in [0.717, 1.165) is 6.54 Å². The molecule has 0 amide bonds. The maximum atomic E-state index is 3.13. The van der Waals surface area contributed by atoms with E-state index in [1.807, 2.05) is 18.4 Å². The molecule has 0 radical (unpaired) electrons. The Labute approximate surface area is 78.2 Å². The molecule has 0 spiro atoms. The smallest absolute Gasteiger partial charge is 0.00457 e. The van der Waals surface area contributed by atoms with E-state index in [1.165, 1.54) is 17.7 Å². The van der Waals surface area contributed by atoms with Gasteiger partial charge in [-0.1, -0.05) is 6.07 Å². The molecular formula is C8H14ClNS. The van der Waals surface area contributed by atoms with E-state index in [2.05, 4.69) is 22.8 Å². The van der Waals surface area contributed by atoms with Gasteiger partial charge in [0.25, 0.3) is 0 Å². The molecule has 64 valence electrons. The Bertz CT molecular complexity index is 163. The van der Waals surface area contributed by atoms with Crippen molar-refractivity contribution in [3.63, 3.8) is 0 Å². The summed E-state index contributed by atoms with van der Waals surface area (Å²) in [6.45, 7) is 1.12. The van der Waals surface area contributed by atoms with E-state index >= 15 is 0 Å². The van der Waals surface area contributed by atoms with Gasteiger partial charge in [0.05, 0.1) is 0 Å². The summed E-state index contributed by atoms with van der Waals surface area (Å²) in [5.74, 6) is 0. The van der Waals surface area contributed by atoms with Crippen molar-refractivity contribution in [2.45, 2.75) is 12.8 Å². The molecule has 3 heteroatoms. The van der Waals surface area contributed by atoms with Gasteiger partial charge >= 0.3 is 0 Å². The molecule has 1 rings (SSSR count). The van der Waals surface area contributed by atoms with Gasteiger partial charge in [-0.05, 0) is 37.9 Å². The van der Waals surface area contributed by atoms with E-state index < -0.39 is 0 Å². The second kappa shape index (κ2) is 6.65. The first-order valence-corrected chi connectivity index (χ1v) is 4.48. The van der Waals surface area contributed by atoms with Crippen molar-refractivity contribution in [1.82, 2.24) is 5.32 Å². The first kappa shape index (κ1) is 11.0. The van der Waals surface area contributed by atoms with Gasteiger partial charge < -0.3 is 5.32 Å². The van der Waals surface area contributed by atoms with Gasteiger partial charge in [0.2, 0.25) is 0 Å². The largest absolute Gasteiger partial charge is 0.320 e. The van der Waals surface area contributed by atoms with E-state index in [9.17, 15) is 0 Å². The predicted molar refractivity (Wildman–Crippen MR) is 53.8 cm³/mol. The number of hydrogen-bond acceptors (Lipinski definition) is 2. The Kier molecular flexibility index (Phi) is 6.62. The van der Waals surface area contributed by atoms with Crippen molar-refractivity contribution >= 4 is 23.7 Å². The minimum absolute atomic E-state index is 0. The van der Waals surface area contributed by atoms with E-state index in [0.29, 0.717) is 0 Å². The highest BCUT2D eigenvalue weighted by Gasteiger charge is 1.90. The third kappa shape index (κ3) is 4.40. The zero-order valence-corrected chi connectivity index (χ0v) is 8.30. The van der Waals surface area contributed by atoms with Crippen LogP contribution in [0, 0.1) is 0 Å². The van der Waals surface area contributed by atoms with E-state index in [-0.39, 0.29) is 12.4 Å². The quantitative estimate of drug-likeness (QED) is 0.721. The summed E-state index contributed by atoms with van der Waals surface area (Å²) in [5.41, 5.74) is 0. The maximum Gasteiger partial charge on any atom is 0.00457 e. The lowest BCUT2D eigenvalue weighted by Crippen LogP contribution is -2.07. The summed E-state index contributed by atoms with van der Waals surface area (Å²) in [4.78, 5) is 1.50. The van der Waals surface area contributed by atoms with Crippen LogP contribution in [0.25, 0.3) is 0 Å². The highest BCUT2D eigenvalue weighted by molar-refractivity contribution is 7.09. The van der Waals surface area contributed by atoms with Crippen LogP contribution in [0.3, 0.4) is 0 Å². The molecule has 0 aliphatic heterocycles. The normalized spacial score (nSPS) is 9.18. The number of thiophene rings is 1. The SMILES string of the molecule is CNCCCc1cccs1.Cl. The molecule has 0 saturated carbocycles. The molecule has 0 bridgehead atoms. The lowest BCUT2D eigenvalue weighted by Gasteiger charge is -1.95. The molecule has 0 fully saturated rings. The molecular weight excluding hydrogens is 178 g/mol. The standard InChI is InChI=1S/C8H13NS.ClH/c1-9-6-2-4-8-5-3-7-10-8;/h3,5,7,9H,2,4,6H2,1H3;1H. The van der Waals surface area contributed by atoms with Crippen molar-refractivity contribution in [2.24, 2.45) is 0 Å².